The van der Waals surface area contributed by atoms with Crippen molar-refractivity contribution in [2.75, 3.05) is 0 Å². The first-order chi connectivity index (χ1) is 10.8. The zero-order valence-corrected chi connectivity index (χ0v) is 14.2. The number of nitrogens with zero attached hydrogens (tertiary/aromatic N) is 1. The molecule has 2 rings (SSSR count). The predicted molar refractivity (Wildman–Crippen MR) is 86.3 cm³/mol. The van der Waals surface area contributed by atoms with Gasteiger partial charge < -0.3 is 4.42 Å². The summed E-state index contributed by atoms with van der Waals surface area (Å²) >= 11 is 0. The molecular formula is C16H20N2O4S. The topological polar surface area (TPSA) is 89.3 Å². The summed E-state index contributed by atoms with van der Waals surface area (Å²) in [7, 11) is -3.80. The third-order valence-electron chi connectivity index (χ3n) is 3.08. The second-order valence-electron chi connectivity index (χ2n) is 5.80. The van der Waals surface area contributed by atoms with Gasteiger partial charge in [-0.05, 0) is 18.4 Å². The lowest BCUT2D eigenvalue weighted by molar-refractivity contribution is 0.0951. The molecule has 23 heavy (non-hydrogen) atoms. The van der Waals surface area contributed by atoms with Gasteiger partial charge in [0.25, 0.3) is 0 Å². The average Bonchev–Trinajstić information content (AvgIpc) is 2.78. The summed E-state index contributed by atoms with van der Waals surface area (Å²) in [6.07, 6.45) is 0.588. The van der Waals surface area contributed by atoms with Crippen molar-refractivity contribution in [1.82, 2.24) is 9.71 Å². The van der Waals surface area contributed by atoms with E-state index in [0.29, 0.717) is 29.5 Å². The number of aromatic nitrogens is 1. The quantitative estimate of drug-likeness (QED) is 0.875. The molecule has 1 heterocycles. The molecule has 0 spiro atoms. The van der Waals surface area contributed by atoms with E-state index in [4.69, 9.17) is 4.42 Å². The van der Waals surface area contributed by atoms with Crippen molar-refractivity contribution in [3.05, 3.63) is 53.2 Å². The monoisotopic (exact) mass is 336 g/mol. The van der Waals surface area contributed by atoms with Crippen molar-refractivity contribution in [1.29, 1.82) is 0 Å². The standard InChI is InChI=1S/C16H20N2O4S/c1-11(2)9-14-17-12(3)15(22-14)16(19)18-23(20,21)10-13-7-5-4-6-8-13/h4-8,11H,9-10H2,1-3H3,(H,18,19). The van der Waals surface area contributed by atoms with Crippen molar-refractivity contribution < 1.29 is 17.6 Å². The number of nitrogens with one attached hydrogen (secondary N) is 1. The molecule has 0 radical (unpaired) electrons. The summed E-state index contributed by atoms with van der Waals surface area (Å²) in [5.74, 6) is -0.363. The van der Waals surface area contributed by atoms with Crippen LogP contribution in [0, 0.1) is 12.8 Å². The van der Waals surface area contributed by atoms with Crippen LogP contribution >= 0.6 is 0 Å². The van der Waals surface area contributed by atoms with Gasteiger partial charge >= 0.3 is 5.91 Å². The molecule has 1 amide bonds. The molecule has 0 fully saturated rings. The van der Waals surface area contributed by atoms with Crippen molar-refractivity contribution >= 4 is 15.9 Å². The van der Waals surface area contributed by atoms with Crippen LogP contribution in [0.3, 0.4) is 0 Å². The number of amides is 1. The van der Waals surface area contributed by atoms with Crippen LogP contribution in [0.5, 0.6) is 0 Å². The van der Waals surface area contributed by atoms with Crippen LogP contribution in [-0.4, -0.2) is 19.3 Å². The highest BCUT2D eigenvalue weighted by Crippen LogP contribution is 2.14. The summed E-state index contributed by atoms with van der Waals surface area (Å²) in [4.78, 5) is 16.3. The lowest BCUT2D eigenvalue weighted by Gasteiger charge is -2.05. The number of oxazole rings is 1. The fraction of sp³-hybridized carbons (Fsp3) is 0.375. The second kappa shape index (κ2) is 6.95. The second-order valence-corrected chi connectivity index (χ2v) is 7.52. The van der Waals surface area contributed by atoms with Gasteiger partial charge in [0.15, 0.2) is 5.89 Å². The van der Waals surface area contributed by atoms with Crippen LogP contribution in [0.1, 0.15) is 41.6 Å². The molecule has 7 heteroatoms. The minimum Gasteiger partial charge on any atom is -0.435 e. The zero-order valence-electron chi connectivity index (χ0n) is 13.4. The largest absolute Gasteiger partial charge is 0.435 e. The third-order valence-corrected chi connectivity index (χ3v) is 4.29. The first-order valence-corrected chi connectivity index (χ1v) is 8.97. The molecule has 1 aromatic carbocycles. The molecule has 2 aromatic rings. The van der Waals surface area contributed by atoms with Gasteiger partial charge in [-0.15, -0.1) is 0 Å². The van der Waals surface area contributed by atoms with Gasteiger partial charge in [-0.25, -0.2) is 18.1 Å². The van der Waals surface area contributed by atoms with Crippen molar-refractivity contribution in [3.8, 4) is 0 Å². The van der Waals surface area contributed by atoms with Gasteiger partial charge in [0, 0.05) is 6.42 Å². The van der Waals surface area contributed by atoms with E-state index in [1.165, 1.54) is 0 Å². The highest BCUT2D eigenvalue weighted by atomic mass is 32.2. The molecule has 0 aliphatic heterocycles. The van der Waals surface area contributed by atoms with Gasteiger partial charge in [-0.1, -0.05) is 44.2 Å². The zero-order chi connectivity index (χ0) is 17.0. The Balaban J connectivity index is 2.10. The summed E-state index contributed by atoms with van der Waals surface area (Å²) < 4.78 is 31.6. The molecule has 0 bridgehead atoms. The number of carbonyl (C=O) groups excluding carboxylic acids is 1. The fourth-order valence-electron chi connectivity index (χ4n) is 2.12. The maximum Gasteiger partial charge on any atom is 0.302 e. The smallest absolute Gasteiger partial charge is 0.302 e. The molecule has 0 unspecified atom stereocenters. The highest BCUT2D eigenvalue weighted by molar-refractivity contribution is 7.89. The first kappa shape index (κ1) is 17.2. The number of carbonyl (C=O) groups is 1. The predicted octanol–water partition coefficient (Wildman–Crippen LogP) is 2.44. The maximum absolute atomic E-state index is 12.1. The minimum absolute atomic E-state index is 0.0581. The van der Waals surface area contributed by atoms with Gasteiger partial charge in [-0.2, -0.15) is 0 Å². The van der Waals surface area contributed by atoms with E-state index in [1.54, 1.807) is 37.3 Å². The van der Waals surface area contributed by atoms with Crippen LogP contribution in [0.4, 0.5) is 0 Å². The van der Waals surface area contributed by atoms with E-state index in [-0.39, 0.29) is 11.5 Å². The Kier molecular flexibility index (Phi) is 5.20. The third kappa shape index (κ3) is 4.92. The number of sulfonamides is 1. The molecule has 0 saturated heterocycles. The summed E-state index contributed by atoms with van der Waals surface area (Å²) in [5.41, 5.74) is 0.982. The normalized spacial score (nSPS) is 11.7. The first-order valence-electron chi connectivity index (χ1n) is 7.32. The van der Waals surface area contributed by atoms with Gasteiger partial charge in [-0.3, -0.25) is 4.79 Å². The van der Waals surface area contributed by atoms with E-state index in [0.717, 1.165) is 0 Å². The Bertz CT molecular complexity index is 780. The van der Waals surface area contributed by atoms with Crippen LogP contribution < -0.4 is 4.72 Å². The van der Waals surface area contributed by atoms with Gasteiger partial charge in [0.1, 0.15) is 0 Å². The van der Waals surface area contributed by atoms with Gasteiger partial charge in [0.05, 0.1) is 11.4 Å². The van der Waals surface area contributed by atoms with Crippen LogP contribution in [0.15, 0.2) is 34.7 Å². The molecule has 0 aliphatic carbocycles. The Morgan fingerprint density at radius 2 is 1.91 bits per heavy atom. The number of benzene rings is 1. The van der Waals surface area contributed by atoms with Crippen LogP contribution in [-0.2, 0) is 22.2 Å². The Hall–Kier alpha value is -2.15. The Morgan fingerprint density at radius 1 is 1.26 bits per heavy atom. The Labute approximate surface area is 136 Å². The number of aryl methyl sites for hydroxylation is 1. The molecule has 1 aromatic heterocycles. The summed E-state index contributed by atoms with van der Waals surface area (Å²) in [6, 6.07) is 8.65. The van der Waals surface area contributed by atoms with E-state index in [2.05, 4.69) is 4.98 Å². The summed E-state index contributed by atoms with van der Waals surface area (Å²) in [5, 5.41) is 0. The number of hydrogen-bond donors (Lipinski definition) is 1. The van der Waals surface area contributed by atoms with Gasteiger partial charge in [0.2, 0.25) is 15.8 Å². The maximum atomic E-state index is 12.1. The van der Waals surface area contributed by atoms with E-state index in [1.807, 2.05) is 18.6 Å². The molecule has 0 atom stereocenters. The Morgan fingerprint density at radius 3 is 2.52 bits per heavy atom. The summed E-state index contributed by atoms with van der Waals surface area (Å²) in [6.45, 7) is 5.62. The average molecular weight is 336 g/mol. The molecule has 6 nitrogen and oxygen atoms in total. The SMILES string of the molecule is Cc1nc(CC(C)C)oc1C(=O)NS(=O)(=O)Cc1ccccc1. The molecule has 0 saturated carbocycles. The highest BCUT2D eigenvalue weighted by Gasteiger charge is 2.23. The molecule has 1 N–H and O–H groups in total. The minimum atomic E-state index is -3.80. The van der Waals surface area contributed by atoms with Crippen molar-refractivity contribution in [2.45, 2.75) is 32.9 Å². The lowest BCUT2D eigenvalue weighted by atomic mass is 10.1. The van der Waals surface area contributed by atoms with Crippen LogP contribution in [0.2, 0.25) is 0 Å². The lowest BCUT2D eigenvalue weighted by Crippen LogP contribution is -2.31. The number of rotatable bonds is 6. The number of hydrogen-bond acceptors (Lipinski definition) is 5. The van der Waals surface area contributed by atoms with E-state index < -0.39 is 15.9 Å². The fourth-order valence-corrected chi connectivity index (χ4v) is 3.20. The van der Waals surface area contributed by atoms with Crippen LogP contribution in [0.25, 0.3) is 0 Å². The molecule has 124 valence electrons. The van der Waals surface area contributed by atoms with E-state index >= 15 is 0 Å². The van der Waals surface area contributed by atoms with Crippen molar-refractivity contribution in [2.24, 2.45) is 5.92 Å². The van der Waals surface area contributed by atoms with Crippen molar-refractivity contribution in [3.63, 3.8) is 0 Å². The van der Waals surface area contributed by atoms with E-state index in [9.17, 15) is 13.2 Å². The molecule has 0 aliphatic rings. The molecular weight excluding hydrogens is 316 g/mol.